The fraction of sp³-hybridized carbons (Fsp3) is 0.944. The number of carbonyl (C=O) groups is 1. The number of rotatable bonds is 5. The molecule has 0 spiro atoms. The lowest BCUT2D eigenvalue weighted by Crippen LogP contribution is -3.14. The summed E-state index contributed by atoms with van der Waals surface area (Å²) < 4.78 is 0. The third-order valence-electron chi connectivity index (χ3n) is 8.97. The Hall–Kier alpha value is -0.610. The summed E-state index contributed by atoms with van der Waals surface area (Å²) in [7, 11) is 4.22. The van der Waals surface area contributed by atoms with E-state index in [0.717, 1.165) is 67.0 Å². The van der Waals surface area contributed by atoms with Crippen LogP contribution in [0.15, 0.2) is 0 Å². The monoisotopic (exact) mass is 301 g/mol. The van der Waals surface area contributed by atoms with Gasteiger partial charge in [-0.05, 0) is 74.4 Å². The minimum Gasteiger partial charge on any atom is -0.348 e. The van der Waals surface area contributed by atoms with Crippen molar-refractivity contribution in [3.8, 4) is 0 Å². The maximum Gasteiger partial charge on any atom is 0.237 e. The van der Waals surface area contributed by atoms with Crippen LogP contribution in [0.5, 0.6) is 0 Å². The van der Waals surface area contributed by atoms with Crippen molar-refractivity contribution >= 4 is 5.91 Å². The van der Waals surface area contributed by atoms with Crippen LogP contribution < -0.4 is 5.32 Å². The largest absolute Gasteiger partial charge is 0.348 e. The van der Waals surface area contributed by atoms with Crippen LogP contribution in [0.25, 0.3) is 0 Å². The Bertz CT molecular complexity index is 531. The molecule has 1 atom stereocenters. The van der Waals surface area contributed by atoms with Crippen molar-refractivity contribution in [1.82, 2.24) is 15.1 Å². The molecule has 0 bridgehead atoms. The Kier molecular flexibility index (Phi) is 1.98. The average molecular weight is 301 g/mol. The molecule has 7 rings (SSSR count). The topological polar surface area (TPSA) is 35.6 Å². The molecule has 7 fully saturated rings. The molecule has 6 aliphatic carbocycles. The molecule has 4 nitrogen and oxygen atoms in total. The zero-order valence-electron chi connectivity index (χ0n) is 13.9. The maximum atomic E-state index is 12.9. The third kappa shape index (κ3) is 0.943. The van der Waals surface area contributed by atoms with Gasteiger partial charge in [0.05, 0.1) is 11.6 Å². The summed E-state index contributed by atoms with van der Waals surface area (Å²) in [5, 5.41) is 3.59. The van der Waals surface area contributed by atoms with E-state index in [9.17, 15) is 4.79 Å². The summed E-state index contributed by atoms with van der Waals surface area (Å²) in [6, 6.07) is 0.149. The van der Waals surface area contributed by atoms with Crippen molar-refractivity contribution in [1.29, 1.82) is 0 Å². The van der Waals surface area contributed by atoms with E-state index in [1.165, 1.54) is 6.42 Å². The fourth-order valence-electron chi connectivity index (χ4n) is 8.33. The Labute approximate surface area is 132 Å². The second-order valence-corrected chi connectivity index (χ2v) is 9.44. The smallest absolute Gasteiger partial charge is 0.237 e. The van der Waals surface area contributed by atoms with Gasteiger partial charge in [-0.1, -0.05) is 6.92 Å². The van der Waals surface area contributed by atoms with Crippen molar-refractivity contribution in [3.63, 3.8) is 0 Å². The molecule has 1 N–H and O–H groups in total. The highest BCUT2D eigenvalue weighted by Crippen LogP contribution is 3.06. The molecule has 120 valence electrons. The maximum absolute atomic E-state index is 12.9. The second-order valence-electron chi connectivity index (χ2n) is 9.44. The number of carbonyl (C=O) groups excluding carboxylic acids is 1. The van der Waals surface area contributed by atoms with E-state index in [4.69, 9.17) is 0 Å². The van der Waals surface area contributed by atoms with E-state index in [0.29, 0.717) is 11.4 Å². The van der Waals surface area contributed by atoms with Crippen LogP contribution in [-0.4, -0.2) is 61.0 Å². The summed E-state index contributed by atoms with van der Waals surface area (Å²) in [5.41, 5.74) is 1.06. The van der Waals surface area contributed by atoms with Gasteiger partial charge in [-0.15, -0.1) is 0 Å². The van der Waals surface area contributed by atoms with E-state index >= 15 is 0 Å². The lowest BCUT2D eigenvalue weighted by atomic mass is 8.94. The van der Waals surface area contributed by atoms with Crippen molar-refractivity contribution < 1.29 is 4.79 Å². The first-order valence-corrected chi connectivity index (χ1v) is 9.23. The van der Waals surface area contributed by atoms with Gasteiger partial charge in [0, 0.05) is 13.1 Å². The van der Waals surface area contributed by atoms with E-state index in [1.807, 2.05) is 0 Å². The molecule has 1 aliphatic heterocycles. The highest BCUT2D eigenvalue weighted by Gasteiger charge is 3.08. The zero-order valence-corrected chi connectivity index (χ0v) is 13.9. The predicted molar refractivity (Wildman–Crippen MR) is 83.1 cm³/mol. The molecule has 0 unspecified atom stereocenters. The third-order valence-corrected chi connectivity index (χ3v) is 8.97. The lowest BCUT2D eigenvalue weighted by Gasteiger charge is -3.11. The summed E-state index contributed by atoms with van der Waals surface area (Å²) in [6.45, 7) is 5.69. The van der Waals surface area contributed by atoms with Crippen molar-refractivity contribution in [2.45, 2.75) is 31.3 Å². The zero-order chi connectivity index (χ0) is 15.0. The van der Waals surface area contributed by atoms with Gasteiger partial charge < -0.3 is 10.2 Å². The van der Waals surface area contributed by atoms with Crippen LogP contribution in [0.1, 0.15) is 19.8 Å². The number of hydrogen-bond acceptors (Lipinski definition) is 3. The number of likely N-dealkylation sites (tertiary alicyclic amines) is 1. The van der Waals surface area contributed by atoms with Crippen LogP contribution in [0, 0.1) is 40.9 Å². The summed E-state index contributed by atoms with van der Waals surface area (Å²) >= 11 is 0. The molecule has 1 heterocycles. The van der Waals surface area contributed by atoms with Crippen LogP contribution >= 0.6 is 0 Å². The van der Waals surface area contributed by atoms with E-state index in [-0.39, 0.29) is 6.04 Å². The number of likely N-dealkylation sites (N-methyl/N-ethyl adjacent to an activating group) is 1. The molecule has 0 aromatic heterocycles. The van der Waals surface area contributed by atoms with Gasteiger partial charge in [0.2, 0.25) is 5.91 Å². The van der Waals surface area contributed by atoms with E-state index < -0.39 is 0 Å². The minimum absolute atomic E-state index is 0.149. The second kappa shape index (κ2) is 3.41. The summed E-state index contributed by atoms with van der Waals surface area (Å²) in [4.78, 5) is 17.5. The van der Waals surface area contributed by atoms with Gasteiger partial charge in [0.15, 0.2) is 0 Å². The Balaban J connectivity index is 1.14. The molecule has 0 aromatic rings. The van der Waals surface area contributed by atoms with Gasteiger partial charge in [0.25, 0.3) is 0 Å². The number of amides is 1. The molecular weight excluding hydrogens is 274 g/mol. The molecule has 4 heteroatoms. The minimum atomic E-state index is 0.149. The first-order chi connectivity index (χ1) is 10.5. The predicted octanol–water partition coefficient (Wildman–Crippen LogP) is 0.639. The molecule has 0 aromatic carbocycles. The fourth-order valence-corrected chi connectivity index (χ4v) is 8.33. The quantitative estimate of drug-likeness (QED) is 0.809. The molecule has 1 amide bonds. The van der Waals surface area contributed by atoms with Gasteiger partial charge in [-0.25, -0.2) is 0 Å². The first-order valence-electron chi connectivity index (χ1n) is 9.23. The number of nitrogens with zero attached hydrogens (tertiary/aromatic N) is 2. The van der Waals surface area contributed by atoms with Gasteiger partial charge >= 0.3 is 0 Å². The normalized spacial score (nSPS) is 61.5. The van der Waals surface area contributed by atoms with Gasteiger partial charge in [0.1, 0.15) is 0 Å². The summed E-state index contributed by atoms with van der Waals surface area (Å²) in [5.74, 6) is 6.02. The van der Waals surface area contributed by atoms with Crippen LogP contribution in [-0.2, 0) is 4.79 Å². The van der Waals surface area contributed by atoms with Gasteiger partial charge in [-0.3, -0.25) is 9.69 Å². The number of nitrogens with one attached hydrogen (secondary N) is 1. The average Bonchev–Trinajstić information content (AvgIpc) is 2.97. The van der Waals surface area contributed by atoms with E-state index in [2.05, 4.69) is 36.1 Å². The molecule has 22 heavy (non-hydrogen) atoms. The Morgan fingerprint density at radius 2 is 1.82 bits per heavy atom. The number of hydrogen-bond donors (Lipinski definition) is 1. The van der Waals surface area contributed by atoms with Crippen LogP contribution in [0.4, 0.5) is 0 Å². The molecule has 7 aliphatic rings. The standard InChI is InChI=1S/C18H27N3O/c1-17-10-13-11(17)15-12(17)14(10)18(13,15)19-16(22)9-5-4-6-21(9)8-7-20(2)3/h9-15H,4-8H2,1-3H3,(H,19,22)/t9-,10?,11?,12?,13?,14?,15?,17?,18?/m1/s1. The Morgan fingerprint density at radius 1 is 1.18 bits per heavy atom. The molecular formula is C18H27N3O. The van der Waals surface area contributed by atoms with Crippen LogP contribution in [0.2, 0.25) is 0 Å². The van der Waals surface area contributed by atoms with Crippen molar-refractivity contribution in [2.24, 2.45) is 40.9 Å². The van der Waals surface area contributed by atoms with Crippen molar-refractivity contribution in [2.75, 3.05) is 33.7 Å². The lowest BCUT2D eigenvalue weighted by molar-refractivity contribution is -0.620. The molecule has 0 radical (unpaired) electrons. The summed E-state index contributed by atoms with van der Waals surface area (Å²) in [6.07, 6.45) is 2.24. The highest BCUT2D eigenvalue weighted by atomic mass is 16.2. The van der Waals surface area contributed by atoms with E-state index in [1.54, 1.807) is 0 Å². The van der Waals surface area contributed by atoms with Gasteiger partial charge in [-0.2, -0.15) is 0 Å². The van der Waals surface area contributed by atoms with Crippen molar-refractivity contribution in [3.05, 3.63) is 0 Å². The first kappa shape index (κ1) is 12.8. The van der Waals surface area contributed by atoms with Crippen LogP contribution in [0.3, 0.4) is 0 Å². The Morgan fingerprint density at radius 3 is 2.41 bits per heavy atom. The molecule has 6 saturated carbocycles. The highest BCUT2D eigenvalue weighted by molar-refractivity contribution is 5.84. The molecule has 1 saturated heterocycles. The SMILES string of the molecule is CN(C)CCN1CCC[C@@H]1C(=O)NC12C3C4C1C1C2C3C41C.